The summed E-state index contributed by atoms with van der Waals surface area (Å²) in [5, 5.41) is 0. The van der Waals surface area contributed by atoms with Crippen molar-refractivity contribution >= 4 is 0 Å². The molecule has 1 aliphatic rings. The number of allylic oxidation sites excluding steroid dienone is 6. The molecular formula is C12H17N. The molecule has 0 spiro atoms. The maximum atomic E-state index is 3.84. The number of likely N-dealkylation sites (N-methyl/N-ethyl adjacent to an activating group) is 1. The maximum absolute atomic E-state index is 3.84. The van der Waals surface area contributed by atoms with Crippen molar-refractivity contribution in [2.75, 3.05) is 14.1 Å². The third-order valence-electron chi connectivity index (χ3n) is 2.14. The number of rotatable bonds is 2. The summed E-state index contributed by atoms with van der Waals surface area (Å²) in [7, 11) is 4.13. The van der Waals surface area contributed by atoms with Crippen molar-refractivity contribution in [3.63, 3.8) is 0 Å². The summed E-state index contributed by atoms with van der Waals surface area (Å²) in [6, 6.07) is 0. The highest BCUT2D eigenvalue weighted by atomic mass is 15.1. The smallest absolute Gasteiger partial charge is 0.0399 e. The molecule has 1 nitrogen and oxygen atoms in total. The van der Waals surface area contributed by atoms with Crippen LogP contribution in [0.5, 0.6) is 0 Å². The second-order valence-corrected chi connectivity index (χ2v) is 3.50. The quantitative estimate of drug-likeness (QED) is 0.623. The summed E-state index contributed by atoms with van der Waals surface area (Å²) in [4.78, 5) is 2.13. The van der Waals surface area contributed by atoms with Gasteiger partial charge in [0.15, 0.2) is 0 Å². The molecule has 0 aromatic rings. The predicted molar refractivity (Wildman–Crippen MR) is 58.4 cm³/mol. The van der Waals surface area contributed by atoms with Crippen molar-refractivity contribution in [3.8, 4) is 0 Å². The van der Waals surface area contributed by atoms with Gasteiger partial charge >= 0.3 is 0 Å². The highest BCUT2D eigenvalue weighted by molar-refractivity contribution is 5.39. The van der Waals surface area contributed by atoms with Gasteiger partial charge in [0.05, 0.1) is 0 Å². The first-order valence-electron chi connectivity index (χ1n) is 4.53. The number of hydrogen-bond donors (Lipinski definition) is 0. The first kappa shape index (κ1) is 9.85. The summed E-state index contributed by atoms with van der Waals surface area (Å²) in [5.74, 6) is 0. The molecule has 1 heteroatoms. The fourth-order valence-corrected chi connectivity index (χ4v) is 1.44. The predicted octanol–water partition coefficient (Wildman–Crippen LogP) is 2.89. The van der Waals surface area contributed by atoms with E-state index in [9.17, 15) is 0 Å². The van der Waals surface area contributed by atoms with Gasteiger partial charge in [-0.25, -0.2) is 0 Å². The summed E-state index contributed by atoms with van der Waals surface area (Å²) < 4.78 is 0. The second-order valence-electron chi connectivity index (χ2n) is 3.50. The zero-order valence-electron chi connectivity index (χ0n) is 8.67. The van der Waals surface area contributed by atoms with E-state index in [0.29, 0.717) is 0 Å². The third-order valence-corrected chi connectivity index (χ3v) is 2.14. The van der Waals surface area contributed by atoms with Crippen LogP contribution in [0.4, 0.5) is 0 Å². The Morgan fingerprint density at radius 2 is 2.15 bits per heavy atom. The van der Waals surface area contributed by atoms with Gasteiger partial charge in [-0.15, -0.1) is 0 Å². The lowest BCUT2D eigenvalue weighted by molar-refractivity contribution is 0.524. The van der Waals surface area contributed by atoms with Crippen LogP contribution in [0.1, 0.15) is 13.3 Å². The monoisotopic (exact) mass is 175 g/mol. The topological polar surface area (TPSA) is 3.24 Å². The summed E-state index contributed by atoms with van der Waals surface area (Å²) in [5.41, 5.74) is 3.84. The Morgan fingerprint density at radius 3 is 2.69 bits per heavy atom. The molecule has 0 unspecified atom stereocenters. The van der Waals surface area contributed by atoms with E-state index in [0.717, 1.165) is 6.42 Å². The molecule has 13 heavy (non-hydrogen) atoms. The van der Waals surface area contributed by atoms with Crippen LogP contribution in [0, 0.1) is 0 Å². The van der Waals surface area contributed by atoms with Gasteiger partial charge < -0.3 is 4.90 Å². The van der Waals surface area contributed by atoms with Gasteiger partial charge in [-0.3, -0.25) is 0 Å². The van der Waals surface area contributed by atoms with Crippen LogP contribution in [0.3, 0.4) is 0 Å². The molecule has 0 aliphatic heterocycles. The van der Waals surface area contributed by atoms with Crippen molar-refractivity contribution in [2.24, 2.45) is 0 Å². The Labute approximate surface area is 80.7 Å². The molecular weight excluding hydrogens is 158 g/mol. The van der Waals surface area contributed by atoms with E-state index in [1.54, 1.807) is 0 Å². The first-order chi connectivity index (χ1) is 6.15. The Hall–Kier alpha value is -1.24. The van der Waals surface area contributed by atoms with Crippen molar-refractivity contribution in [1.29, 1.82) is 0 Å². The van der Waals surface area contributed by atoms with Crippen LogP contribution in [0.2, 0.25) is 0 Å². The molecule has 0 radical (unpaired) electrons. The fourth-order valence-electron chi connectivity index (χ4n) is 1.44. The van der Waals surface area contributed by atoms with Crippen molar-refractivity contribution in [2.45, 2.75) is 13.3 Å². The van der Waals surface area contributed by atoms with Gasteiger partial charge in [0.25, 0.3) is 0 Å². The minimum atomic E-state index is 0.977. The minimum Gasteiger partial charge on any atom is -0.377 e. The largest absolute Gasteiger partial charge is 0.377 e. The Kier molecular flexibility index (Phi) is 3.13. The molecule has 1 aliphatic carbocycles. The van der Waals surface area contributed by atoms with E-state index in [2.05, 4.69) is 50.7 Å². The van der Waals surface area contributed by atoms with E-state index in [-0.39, 0.29) is 0 Å². The van der Waals surface area contributed by atoms with Gasteiger partial charge in [0.1, 0.15) is 0 Å². The Morgan fingerprint density at radius 1 is 1.46 bits per heavy atom. The van der Waals surface area contributed by atoms with Crippen LogP contribution >= 0.6 is 0 Å². The van der Waals surface area contributed by atoms with Crippen molar-refractivity contribution in [1.82, 2.24) is 4.90 Å². The van der Waals surface area contributed by atoms with Crippen molar-refractivity contribution < 1.29 is 0 Å². The van der Waals surface area contributed by atoms with Gasteiger partial charge in [-0.05, 0) is 30.6 Å². The molecule has 0 amide bonds. The average molecular weight is 175 g/mol. The van der Waals surface area contributed by atoms with E-state index < -0.39 is 0 Å². The summed E-state index contributed by atoms with van der Waals surface area (Å²) in [6.07, 6.45) is 9.44. The third kappa shape index (κ3) is 2.35. The SMILES string of the molecule is C=CC1=C(N(C)C)C=C(C)C=CC1. The minimum absolute atomic E-state index is 0.977. The van der Waals surface area contributed by atoms with E-state index in [1.165, 1.54) is 16.8 Å². The fraction of sp³-hybridized carbons (Fsp3) is 0.333. The molecule has 1 rings (SSSR count). The van der Waals surface area contributed by atoms with Gasteiger partial charge in [0.2, 0.25) is 0 Å². The molecule has 0 aromatic carbocycles. The first-order valence-corrected chi connectivity index (χ1v) is 4.53. The summed E-state index contributed by atoms with van der Waals surface area (Å²) in [6.45, 7) is 5.95. The molecule has 0 saturated carbocycles. The normalized spacial score (nSPS) is 16.7. The van der Waals surface area contributed by atoms with Gasteiger partial charge in [0, 0.05) is 19.8 Å². The van der Waals surface area contributed by atoms with Crippen LogP contribution in [-0.4, -0.2) is 19.0 Å². The molecule has 0 aromatic heterocycles. The molecule has 0 fully saturated rings. The Bertz CT molecular complexity index is 290. The van der Waals surface area contributed by atoms with E-state index in [4.69, 9.17) is 0 Å². The van der Waals surface area contributed by atoms with Gasteiger partial charge in [-0.2, -0.15) is 0 Å². The standard InChI is InChI=1S/C12H17N/c1-5-11-8-6-7-10(2)9-12(11)13(3)4/h5-7,9H,1,8H2,2-4H3. The molecule has 0 N–H and O–H groups in total. The number of nitrogens with zero attached hydrogens (tertiary/aromatic N) is 1. The summed E-state index contributed by atoms with van der Waals surface area (Å²) >= 11 is 0. The van der Waals surface area contributed by atoms with E-state index >= 15 is 0 Å². The zero-order valence-corrected chi connectivity index (χ0v) is 8.67. The van der Waals surface area contributed by atoms with E-state index in [1.807, 2.05) is 6.08 Å². The molecule has 70 valence electrons. The lowest BCUT2D eigenvalue weighted by Gasteiger charge is -2.16. The average Bonchev–Trinajstić information content (AvgIpc) is 2.26. The van der Waals surface area contributed by atoms with Crippen LogP contribution in [0.15, 0.2) is 47.7 Å². The number of hydrogen-bond acceptors (Lipinski definition) is 1. The molecule has 0 bridgehead atoms. The lowest BCUT2D eigenvalue weighted by atomic mass is 10.1. The Balaban J connectivity index is 3.12. The van der Waals surface area contributed by atoms with Crippen LogP contribution in [0.25, 0.3) is 0 Å². The molecule has 0 atom stereocenters. The van der Waals surface area contributed by atoms with Crippen LogP contribution in [-0.2, 0) is 0 Å². The highest BCUT2D eigenvalue weighted by Gasteiger charge is 2.05. The van der Waals surface area contributed by atoms with Crippen LogP contribution < -0.4 is 0 Å². The maximum Gasteiger partial charge on any atom is 0.0399 e. The van der Waals surface area contributed by atoms with Crippen molar-refractivity contribution in [3.05, 3.63) is 47.7 Å². The molecule has 0 saturated heterocycles. The van der Waals surface area contributed by atoms with Gasteiger partial charge in [-0.1, -0.05) is 24.8 Å². The zero-order chi connectivity index (χ0) is 9.84. The molecule has 0 heterocycles. The highest BCUT2D eigenvalue weighted by Crippen LogP contribution is 2.19. The second kappa shape index (κ2) is 4.13. The lowest BCUT2D eigenvalue weighted by Crippen LogP contribution is -2.11.